The molecule has 2 aromatic rings. The molecule has 1 saturated heterocycles. The zero-order valence-corrected chi connectivity index (χ0v) is 17.6. The molecule has 1 aromatic heterocycles. The molecule has 0 atom stereocenters. The predicted molar refractivity (Wildman–Crippen MR) is 113 cm³/mol. The molecule has 3 aliphatic rings. The molecule has 164 valence electrons. The van der Waals surface area contributed by atoms with E-state index in [9.17, 15) is 9.18 Å². The summed E-state index contributed by atoms with van der Waals surface area (Å²) in [6, 6.07) is 4.64. The lowest BCUT2D eigenvalue weighted by Crippen LogP contribution is -2.34. The van der Waals surface area contributed by atoms with E-state index in [1.807, 2.05) is 6.08 Å². The lowest BCUT2D eigenvalue weighted by atomic mass is 9.91. The van der Waals surface area contributed by atoms with E-state index in [1.54, 1.807) is 6.07 Å². The number of piperidine rings is 1. The summed E-state index contributed by atoms with van der Waals surface area (Å²) in [5, 5.41) is 5.15. The van der Waals surface area contributed by atoms with Crippen molar-refractivity contribution in [3.8, 4) is 0 Å². The van der Waals surface area contributed by atoms with E-state index in [0.717, 1.165) is 75.0 Å². The number of carbonyl (C=O) groups excluding carboxylic acids is 1. The average molecular weight is 426 g/mol. The van der Waals surface area contributed by atoms with Gasteiger partial charge >= 0.3 is 5.97 Å². The van der Waals surface area contributed by atoms with E-state index in [4.69, 9.17) is 14.0 Å². The Kier molecular flexibility index (Phi) is 5.76. The van der Waals surface area contributed by atoms with E-state index in [0.29, 0.717) is 30.3 Å². The van der Waals surface area contributed by atoms with Crippen LogP contribution in [-0.2, 0) is 14.3 Å². The second-order valence-electron chi connectivity index (χ2n) is 8.58. The molecule has 0 radical (unpaired) electrons. The van der Waals surface area contributed by atoms with Crippen LogP contribution >= 0.6 is 0 Å². The third-order valence-electron chi connectivity index (χ3n) is 6.51. The molecule has 3 heterocycles. The summed E-state index contributed by atoms with van der Waals surface area (Å²) in [6.07, 6.45) is 8.01. The summed E-state index contributed by atoms with van der Waals surface area (Å²) < 4.78 is 30.0. The number of likely N-dealkylation sites (tertiary alicyclic amines) is 1. The molecule has 7 heteroatoms. The van der Waals surface area contributed by atoms with E-state index >= 15 is 0 Å². The van der Waals surface area contributed by atoms with Gasteiger partial charge in [-0.3, -0.25) is 4.79 Å². The summed E-state index contributed by atoms with van der Waals surface area (Å²) >= 11 is 0. The average Bonchev–Trinajstić information content (AvgIpc) is 3.20. The van der Waals surface area contributed by atoms with Gasteiger partial charge in [-0.15, -0.1) is 0 Å². The summed E-state index contributed by atoms with van der Waals surface area (Å²) in [5.74, 6) is 1.54. The van der Waals surface area contributed by atoms with Crippen LogP contribution < -0.4 is 0 Å². The normalized spacial score (nSPS) is 20.5. The molecular weight excluding hydrogens is 399 g/mol. The fourth-order valence-corrected chi connectivity index (χ4v) is 4.75. The summed E-state index contributed by atoms with van der Waals surface area (Å²) in [4.78, 5) is 13.9. The van der Waals surface area contributed by atoms with Gasteiger partial charge in [0.1, 0.15) is 11.6 Å². The lowest BCUT2D eigenvalue weighted by molar-refractivity contribution is -0.140. The number of allylic oxidation sites excluding steroid dienone is 3. The van der Waals surface area contributed by atoms with Gasteiger partial charge in [0.15, 0.2) is 5.58 Å². The predicted octanol–water partition coefficient (Wildman–Crippen LogP) is 4.82. The van der Waals surface area contributed by atoms with Crippen LogP contribution in [0.4, 0.5) is 4.39 Å². The first kappa shape index (κ1) is 20.2. The van der Waals surface area contributed by atoms with Gasteiger partial charge < -0.3 is 18.9 Å². The molecule has 1 aliphatic carbocycles. The minimum Gasteiger partial charge on any atom is -0.498 e. The van der Waals surface area contributed by atoms with Crippen LogP contribution in [0.1, 0.15) is 56.6 Å². The van der Waals surface area contributed by atoms with Crippen LogP contribution in [0, 0.1) is 5.82 Å². The quantitative estimate of drug-likeness (QED) is 0.487. The monoisotopic (exact) mass is 426 g/mol. The number of halogens is 1. The number of carbonyl (C=O) groups is 1. The van der Waals surface area contributed by atoms with Crippen molar-refractivity contribution in [3.05, 3.63) is 52.9 Å². The van der Waals surface area contributed by atoms with Gasteiger partial charge in [-0.2, -0.15) is 0 Å². The highest BCUT2D eigenvalue weighted by Crippen LogP contribution is 2.33. The number of hydrogen-bond acceptors (Lipinski definition) is 6. The van der Waals surface area contributed by atoms with Gasteiger partial charge in [0.2, 0.25) is 0 Å². The summed E-state index contributed by atoms with van der Waals surface area (Å²) in [6.45, 7) is 3.68. The van der Waals surface area contributed by atoms with Crippen molar-refractivity contribution in [1.82, 2.24) is 10.1 Å². The van der Waals surface area contributed by atoms with Crippen LogP contribution in [0.15, 0.2) is 45.9 Å². The highest BCUT2D eigenvalue weighted by molar-refractivity contribution is 5.79. The molecule has 1 fully saturated rings. The number of hydrogen-bond donors (Lipinski definition) is 0. The molecular formula is C24H27FN2O4. The number of nitrogens with zero attached hydrogens (tertiary/aromatic N) is 2. The van der Waals surface area contributed by atoms with E-state index in [-0.39, 0.29) is 11.8 Å². The fraction of sp³-hybridized carbons (Fsp3) is 0.500. The fourth-order valence-electron chi connectivity index (χ4n) is 4.75. The number of benzene rings is 1. The molecule has 31 heavy (non-hydrogen) atoms. The smallest absolute Gasteiger partial charge is 0.311 e. The Balaban J connectivity index is 1.06. The van der Waals surface area contributed by atoms with Crippen molar-refractivity contribution < 1.29 is 23.2 Å². The van der Waals surface area contributed by atoms with E-state index in [2.05, 4.69) is 10.1 Å². The largest absolute Gasteiger partial charge is 0.498 e. The van der Waals surface area contributed by atoms with Crippen molar-refractivity contribution in [2.45, 2.75) is 50.9 Å². The van der Waals surface area contributed by atoms with Crippen LogP contribution in [-0.4, -0.2) is 42.3 Å². The Morgan fingerprint density at radius 2 is 2.00 bits per heavy atom. The van der Waals surface area contributed by atoms with Crippen molar-refractivity contribution in [3.63, 3.8) is 0 Å². The highest BCUT2D eigenvalue weighted by atomic mass is 19.1. The first-order valence-electron chi connectivity index (χ1n) is 11.2. The Morgan fingerprint density at radius 1 is 1.16 bits per heavy atom. The van der Waals surface area contributed by atoms with Gasteiger partial charge in [0.05, 0.1) is 18.1 Å². The van der Waals surface area contributed by atoms with Crippen LogP contribution in [0.3, 0.4) is 0 Å². The molecule has 0 saturated carbocycles. The van der Waals surface area contributed by atoms with Crippen molar-refractivity contribution in [2.75, 3.05) is 26.2 Å². The maximum absolute atomic E-state index is 13.4. The second-order valence-corrected chi connectivity index (χ2v) is 8.58. The number of ether oxygens (including phenoxy) is 2. The van der Waals surface area contributed by atoms with Crippen LogP contribution in [0.2, 0.25) is 0 Å². The van der Waals surface area contributed by atoms with Crippen molar-refractivity contribution in [2.24, 2.45) is 0 Å². The van der Waals surface area contributed by atoms with Crippen LogP contribution in [0.5, 0.6) is 0 Å². The SMILES string of the molecule is O=C1CCC2=C(C=C(OCCCN3CCC(c4noc5cc(F)ccc45)CC3)CC2)O1. The van der Waals surface area contributed by atoms with Gasteiger partial charge in [-0.05, 0) is 62.9 Å². The highest BCUT2D eigenvalue weighted by Gasteiger charge is 2.25. The summed E-state index contributed by atoms with van der Waals surface area (Å²) in [5.41, 5.74) is 2.72. The molecule has 0 unspecified atom stereocenters. The standard InChI is InChI=1S/C24H27FN2O4/c25-18-4-6-20-22(14-18)31-26-24(20)17-8-11-27(12-9-17)10-1-13-29-19-5-2-16-3-7-23(28)30-21(16)15-19/h4,6,14-15,17H,1-3,5,7-13H2. The van der Waals surface area contributed by atoms with Crippen molar-refractivity contribution >= 4 is 16.9 Å². The number of fused-ring (bicyclic) bond motifs is 1. The Labute approximate surface area is 180 Å². The topological polar surface area (TPSA) is 64.8 Å². The third kappa shape index (κ3) is 4.51. The van der Waals surface area contributed by atoms with Gasteiger partial charge in [0, 0.05) is 42.8 Å². The molecule has 0 bridgehead atoms. The van der Waals surface area contributed by atoms with Gasteiger partial charge in [-0.25, -0.2) is 4.39 Å². The molecule has 1 aromatic carbocycles. The number of aromatic nitrogens is 1. The molecule has 5 rings (SSSR count). The number of esters is 1. The molecule has 0 amide bonds. The second kappa shape index (κ2) is 8.83. The summed E-state index contributed by atoms with van der Waals surface area (Å²) in [7, 11) is 0. The maximum atomic E-state index is 13.4. The van der Waals surface area contributed by atoms with Gasteiger partial charge in [0.25, 0.3) is 0 Å². The zero-order valence-electron chi connectivity index (χ0n) is 17.6. The first-order chi connectivity index (χ1) is 15.2. The lowest BCUT2D eigenvalue weighted by Gasteiger charge is -2.31. The Bertz CT molecular complexity index is 1030. The first-order valence-corrected chi connectivity index (χ1v) is 11.2. The minimum absolute atomic E-state index is 0.148. The number of rotatable bonds is 6. The Hall–Kier alpha value is -2.67. The van der Waals surface area contributed by atoms with E-state index in [1.165, 1.54) is 17.7 Å². The van der Waals surface area contributed by atoms with Crippen molar-refractivity contribution in [1.29, 1.82) is 0 Å². The molecule has 0 N–H and O–H groups in total. The van der Waals surface area contributed by atoms with Crippen LogP contribution in [0.25, 0.3) is 11.0 Å². The van der Waals surface area contributed by atoms with Gasteiger partial charge in [-0.1, -0.05) is 5.16 Å². The Morgan fingerprint density at radius 3 is 2.87 bits per heavy atom. The molecule has 2 aliphatic heterocycles. The molecule has 0 spiro atoms. The third-order valence-corrected chi connectivity index (χ3v) is 6.51. The zero-order chi connectivity index (χ0) is 21.2. The maximum Gasteiger partial charge on any atom is 0.311 e. The molecule has 6 nitrogen and oxygen atoms in total. The minimum atomic E-state index is -0.298. The van der Waals surface area contributed by atoms with E-state index < -0.39 is 0 Å².